The molecule has 0 bridgehead atoms. The van der Waals surface area contributed by atoms with E-state index in [1.54, 1.807) is 6.07 Å². The molecular formula is C30H15N3. The van der Waals surface area contributed by atoms with Gasteiger partial charge in [-0.05, 0) is 57.3 Å². The van der Waals surface area contributed by atoms with Gasteiger partial charge in [-0.3, -0.25) is 0 Å². The molecule has 0 radical (unpaired) electrons. The first kappa shape index (κ1) is 17.8. The summed E-state index contributed by atoms with van der Waals surface area (Å²) in [5.41, 5.74) is 3.95. The minimum absolute atomic E-state index is 0.481. The summed E-state index contributed by atoms with van der Waals surface area (Å²) in [7, 11) is 0. The highest BCUT2D eigenvalue weighted by atomic mass is 15.0. The summed E-state index contributed by atoms with van der Waals surface area (Å²) in [6.07, 6.45) is 0. The third-order valence-corrected chi connectivity index (χ3v) is 6.72. The lowest BCUT2D eigenvalue weighted by molar-refractivity contribution is 1.17. The largest absolute Gasteiger partial charge is 0.309 e. The summed E-state index contributed by atoms with van der Waals surface area (Å²) in [5, 5.41) is 29.0. The van der Waals surface area contributed by atoms with E-state index in [9.17, 15) is 10.5 Å². The molecule has 0 aliphatic heterocycles. The number of hydrogen-bond acceptors (Lipinski definition) is 2. The summed E-state index contributed by atoms with van der Waals surface area (Å²) in [5.74, 6) is 0. The van der Waals surface area contributed by atoms with Crippen LogP contribution in [0.5, 0.6) is 0 Å². The summed E-state index contributed by atoms with van der Waals surface area (Å²) in [6, 6.07) is 35.6. The highest BCUT2D eigenvalue weighted by molar-refractivity contribution is 6.39. The molecule has 0 saturated heterocycles. The van der Waals surface area contributed by atoms with Crippen LogP contribution >= 0.6 is 0 Å². The second kappa shape index (κ2) is 6.33. The van der Waals surface area contributed by atoms with Crippen molar-refractivity contribution in [3.05, 3.63) is 102 Å². The molecule has 0 atom stereocenters. The zero-order valence-corrected chi connectivity index (χ0v) is 17.5. The number of nitriles is 2. The van der Waals surface area contributed by atoms with Gasteiger partial charge in [-0.15, -0.1) is 0 Å². The quantitative estimate of drug-likeness (QED) is 0.261. The number of aromatic nitrogens is 1. The fourth-order valence-electron chi connectivity index (χ4n) is 5.47. The van der Waals surface area contributed by atoms with Gasteiger partial charge in [-0.25, -0.2) is 0 Å². The Morgan fingerprint density at radius 2 is 1.15 bits per heavy atom. The van der Waals surface area contributed by atoms with Crippen LogP contribution in [0.15, 0.2) is 91.0 Å². The summed E-state index contributed by atoms with van der Waals surface area (Å²) < 4.78 is 2.21. The van der Waals surface area contributed by atoms with E-state index >= 15 is 0 Å². The van der Waals surface area contributed by atoms with E-state index in [4.69, 9.17) is 0 Å². The van der Waals surface area contributed by atoms with Crippen LogP contribution in [0.3, 0.4) is 0 Å². The average Bonchev–Trinajstić information content (AvgIpc) is 3.21. The van der Waals surface area contributed by atoms with Crippen LogP contribution in [0, 0.1) is 22.7 Å². The van der Waals surface area contributed by atoms with Crippen LogP contribution in [0.2, 0.25) is 0 Å². The highest BCUT2D eigenvalue weighted by Gasteiger charge is 2.21. The Balaban J connectivity index is 1.83. The van der Waals surface area contributed by atoms with Crippen LogP contribution in [-0.2, 0) is 0 Å². The number of hydrogen-bond donors (Lipinski definition) is 0. The van der Waals surface area contributed by atoms with Gasteiger partial charge in [0.1, 0.15) is 0 Å². The lowest BCUT2D eigenvalue weighted by atomic mass is 9.91. The second-order valence-electron chi connectivity index (χ2n) is 8.44. The van der Waals surface area contributed by atoms with Crippen LogP contribution in [0.25, 0.3) is 59.8 Å². The number of benzene rings is 6. The Bertz CT molecular complexity index is 1960. The Labute approximate surface area is 189 Å². The van der Waals surface area contributed by atoms with Gasteiger partial charge in [0, 0.05) is 21.8 Å². The molecule has 7 aromatic rings. The maximum atomic E-state index is 9.60. The van der Waals surface area contributed by atoms with E-state index in [0.717, 1.165) is 16.7 Å². The molecule has 1 aromatic heterocycles. The molecule has 0 N–H and O–H groups in total. The normalized spacial score (nSPS) is 11.6. The molecule has 3 nitrogen and oxygen atoms in total. The Hall–Kier alpha value is -4.86. The van der Waals surface area contributed by atoms with Crippen LogP contribution < -0.4 is 0 Å². The van der Waals surface area contributed by atoms with Crippen LogP contribution in [-0.4, -0.2) is 4.57 Å². The maximum Gasteiger partial charge on any atom is 0.0992 e. The average molecular weight is 417 g/mol. The molecule has 0 spiro atoms. The monoisotopic (exact) mass is 417 g/mol. The standard InChI is InChI=1S/C30H15N3/c31-16-18-12-19(17-32)14-21(13-18)33-26-11-5-10-25-23-8-3-4-9-24(23)28-22-7-2-1-6-20(22)15-27(33)30(28)29(25)26/h1-15H. The van der Waals surface area contributed by atoms with Crippen molar-refractivity contribution in [3.8, 4) is 17.8 Å². The van der Waals surface area contributed by atoms with Gasteiger partial charge in [-0.1, -0.05) is 60.7 Å². The van der Waals surface area contributed by atoms with E-state index in [0.29, 0.717) is 11.1 Å². The molecular weight excluding hydrogens is 402 g/mol. The van der Waals surface area contributed by atoms with Crippen LogP contribution in [0.4, 0.5) is 0 Å². The summed E-state index contributed by atoms with van der Waals surface area (Å²) >= 11 is 0. The molecule has 33 heavy (non-hydrogen) atoms. The van der Waals surface area contributed by atoms with Gasteiger partial charge in [0.15, 0.2) is 0 Å². The first-order valence-corrected chi connectivity index (χ1v) is 10.8. The van der Waals surface area contributed by atoms with E-state index in [1.165, 1.54) is 43.1 Å². The Morgan fingerprint density at radius 1 is 0.515 bits per heavy atom. The molecule has 0 fully saturated rings. The van der Waals surface area contributed by atoms with Crippen molar-refractivity contribution in [1.82, 2.24) is 4.57 Å². The molecule has 3 heteroatoms. The first-order chi connectivity index (χ1) is 16.3. The van der Waals surface area contributed by atoms with Crippen LogP contribution in [0.1, 0.15) is 11.1 Å². The molecule has 0 aliphatic rings. The zero-order chi connectivity index (χ0) is 22.1. The first-order valence-electron chi connectivity index (χ1n) is 10.8. The Morgan fingerprint density at radius 3 is 1.91 bits per heavy atom. The topological polar surface area (TPSA) is 52.5 Å². The van der Waals surface area contributed by atoms with E-state index in [-0.39, 0.29) is 0 Å². The molecule has 0 saturated carbocycles. The summed E-state index contributed by atoms with van der Waals surface area (Å²) in [4.78, 5) is 0. The fourth-order valence-corrected chi connectivity index (χ4v) is 5.47. The molecule has 0 amide bonds. The van der Waals surface area contributed by atoms with Crippen molar-refractivity contribution in [3.63, 3.8) is 0 Å². The van der Waals surface area contributed by atoms with Crippen molar-refractivity contribution in [2.45, 2.75) is 0 Å². The van der Waals surface area contributed by atoms with E-state index in [1.807, 2.05) is 12.1 Å². The summed E-state index contributed by atoms with van der Waals surface area (Å²) in [6.45, 7) is 0. The van der Waals surface area contributed by atoms with Gasteiger partial charge in [0.2, 0.25) is 0 Å². The lowest BCUT2D eigenvalue weighted by Crippen LogP contribution is -1.96. The van der Waals surface area contributed by atoms with Gasteiger partial charge >= 0.3 is 0 Å². The minimum atomic E-state index is 0.481. The highest BCUT2D eigenvalue weighted by Crippen LogP contribution is 2.46. The van der Waals surface area contributed by atoms with Gasteiger partial charge < -0.3 is 4.57 Å². The number of rotatable bonds is 1. The van der Waals surface area contributed by atoms with Gasteiger partial charge in [0.25, 0.3) is 0 Å². The number of nitrogens with zero attached hydrogens (tertiary/aromatic N) is 3. The lowest BCUT2D eigenvalue weighted by Gasteiger charge is -2.12. The van der Waals surface area contributed by atoms with E-state index < -0.39 is 0 Å². The van der Waals surface area contributed by atoms with Crippen molar-refractivity contribution in [2.24, 2.45) is 0 Å². The third-order valence-electron chi connectivity index (χ3n) is 6.72. The Kier molecular flexibility index (Phi) is 3.41. The minimum Gasteiger partial charge on any atom is -0.309 e. The molecule has 150 valence electrons. The molecule has 0 aliphatic carbocycles. The maximum absolute atomic E-state index is 9.60. The van der Waals surface area contributed by atoms with E-state index in [2.05, 4.69) is 89.5 Å². The zero-order valence-electron chi connectivity index (χ0n) is 17.5. The van der Waals surface area contributed by atoms with Gasteiger partial charge in [-0.2, -0.15) is 10.5 Å². The smallest absolute Gasteiger partial charge is 0.0992 e. The SMILES string of the molecule is N#Cc1cc(C#N)cc(-n2c3cccc4c5ccccc5c5c6ccccc6cc2c5c43)c1. The van der Waals surface area contributed by atoms with Crippen molar-refractivity contribution >= 4 is 54.1 Å². The van der Waals surface area contributed by atoms with Crippen molar-refractivity contribution in [2.75, 3.05) is 0 Å². The van der Waals surface area contributed by atoms with Crippen molar-refractivity contribution < 1.29 is 0 Å². The molecule has 0 unspecified atom stereocenters. The third kappa shape index (κ3) is 2.26. The molecule has 7 rings (SSSR count). The number of fused-ring (bicyclic) bond motifs is 5. The van der Waals surface area contributed by atoms with Gasteiger partial charge in [0.05, 0.1) is 34.3 Å². The fraction of sp³-hybridized carbons (Fsp3) is 0. The van der Waals surface area contributed by atoms with Crippen molar-refractivity contribution in [1.29, 1.82) is 10.5 Å². The predicted molar refractivity (Wildman–Crippen MR) is 134 cm³/mol. The molecule has 1 heterocycles. The predicted octanol–water partition coefficient (Wildman–Crippen LogP) is 7.42. The second-order valence-corrected chi connectivity index (χ2v) is 8.44. The molecule has 6 aromatic carbocycles.